The maximum Gasteiger partial charge on any atom is 0.362 e. The van der Waals surface area contributed by atoms with Gasteiger partial charge in [0.05, 0.1) is 34.4 Å². The number of hydrogen-bond acceptors (Lipinski definition) is 6. The van der Waals surface area contributed by atoms with Gasteiger partial charge in [0.25, 0.3) is 0 Å². The average Bonchev–Trinajstić information content (AvgIpc) is 3.27. The summed E-state index contributed by atoms with van der Waals surface area (Å²) in [4.78, 5) is 37.2. The number of carbonyl (C=O) groups excluding carboxylic acids is 2. The van der Waals surface area contributed by atoms with Crippen molar-refractivity contribution < 1.29 is 38.2 Å². The van der Waals surface area contributed by atoms with Crippen molar-refractivity contribution in [2.24, 2.45) is 0 Å². The Morgan fingerprint density at radius 1 is 0.477 bits per heavy atom. The van der Waals surface area contributed by atoms with Gasteiger partial charge in [0.15, 0.2) is 12.1 Å². The van der Waals surface area contributed by atoms with Crippen LogP contribution in [0.3, 0.4) is 0 Å². The summed E-state index contributed by atoms with van der Waals surface area (Å²) in [6.45, 7) is 4.62. The lowest BCUT2D eigenvalue weighted by molar-refractivity contribution is -0.887. The van der Waals surface area contributed by atoms with Crippen molar-refractivity contribution in [3.05, 3.63) is 60.8 Å². The van der Waals surface area contributed by atoms with Crippen LogP contribution < -0.4 is 0 Å². The fourth-order valence-electron chi connectivity index (χ4n) is 7.83. The molecule has 2 atom stereocenters. The molecule has 8 heteroatoms. The molecule has 0 rings (SSSR count). The monoisotopic (exact) mass is 913 g/mol. The molecular weight excluding hydrogens is 811 g/mol. The first-order chi connectivity index (χ1) is 31.6. The number of ether oxygens (including phenoxy) is 3. The highest BCUT2D eigenvalue weighted by molar-refractivity contribution is 5.72. The molecule has 8 nitrogen and oxygen atoms in total. The van der Waals surface area contributed by atoms with E-state index in [1.165, 1.54) is 122 Å². The molecule has 1 N–H and O–H groups in total. The number of aliphatic carboxylic acids is 1. The molecule has 0 heterocycles. The molecule has 0 fully saturated rings. The summed E-state index contributed by atoms with van der Waals surface area (Å²) in [5, 5.41) is 9.66. The predicted octanol–water partition coefficient (Wildman–Crippen LogP) is 15.7. The number of rotatable bonds is 48. The van der Waals surface area contributed by atoms with Crippen molar-refractivity contribution in [1.82, 2.24) is 0 Å². The normalized spacial score (nSPS) is 13.3. The van der Waals surface area contributed by atoms with Crippen LogP contribution in [0.25, 0.3) is 0 Å². The van der Waals surface area contributed by atoms with Crippen LogP contribution in [0.1, 0.15) is 232 Å². The largest absolute Gasteiger partial charge is 0.477 e. The van der Waals surface area contributed by atoms with E-state index in [2.05, 4.69) is 74.6 Å². The second kappa shape index (κ2) is 47.5. The lowest BCUT2D eigenvalue weighted by Crippen LogP contribution is -2.50. The molecular formula is C57H102NO7+. The molecule has 0 aliphatic carbocycles. The summed E-state index contributed by atoms with van der Waals surface area (Å²) in [7, 11) is 5.53. The summed E-state index contributed by atoms with van der Waals surface area (Å²) in [5.41, 5.74) is 0. The molecule has 0 aliphatic heterocycles. The minimum Gasteiger partial charge on any atom is -0.477 e. The van der Waals surface area contributed by atoms with Crippen molar-refractivity contribution in [1.29, 1.82) is 0 Å². The number of hydrogen-bond donors (Lipinski definition) is 1. The van der Waals surface area contributed by atoms with Crippen LogP contribution in [0.4, 0.5) is 0 Å². The molecule has 0 aliphatic rings. The van der Waals surface area contributed by atoms with E-state index in [0.717, 1.165) is 77.0 Å². The third-order valence-electron chi connectivity index (χ3n) is 11.9. The van der Waals surface area contributed by atoms with E-state index in [0.29, 0.717) is 19.3 Å². The van der Waals surface area contributed by atoms with Gasteiger partial charge in [-0.05, 0) is 57.8 Å². The van der Waals surface area contributed by atoms with E-state index < -0.39 is 18.1 Å². The Kier molecular flexibility index (Phi) is 45.3. The number of esters is 2. The van der Waals surface area contributed by atoms with Crippen molar-refractivity contribution in [3.63, 3.8) is 0 Å². The summed E-state index contributed by atoms with van der Waals surface area (Å²) >= 11 is 0. The SMILES string of the molecule is CC/C=C/C/C=C/C/C=C/C/C=C/C/C=C/CCCCCC(=O)OCC(COCCC(C(=O)O)[N+](C)(C)C)OC(=O)CCCCCCCCCCCCCCCCCCCCCCCC. The van der Waals surface area contributed by atoms with Gasteiger partial charge < -0.3 is 23.8 Å². The highest BCUT2D eigenvalue weighted by atomic mass is 16.6. The molecule has 0 amide bonds. The predicted molar refractivity (Wildman–Crippen MR) is 275 cm³/mol. The molecule has 376 valence electrons. The van der Waals surface area contributed by atoms with Gasteiger partial charge in [-0.1, -0.05) is 216 Å². The van der Waals surface area contributed by atoms with Crippen molar-refractivity contribution in [2.45, 2.75) is 244 Å². The second-order valence-electron chi connectivity index (χ2n) is 19.1. The smallest absolute Gasteiger partial charge is 0.362 e. The Hall–Kier alpha value is -2.97. The van der Waals surface area contributed by atoms with E-state index in [4.69, 9.17) is 14.2 Å². The molecule has 0 bridgehead atoms. The van der Waals surface area contributed by atoms with E-state index in [-0.39, 0.29) is 36.2 Å². The first kappa shape index (κ1) is 62.0. The van der Waals surface area contributed by atoms with Crippen LogP contribution in [0.15, 0.2) is 60.8 Å². The molecule has 0 spiro atoms. The van der Waals surface area contributed by atoms with Crippen molar-refractivity contribution in [2.75, 3.05) is 41.0 Å². The number of nitrogens with zero attached hydrogens (tertiary/aromatic N) is 1. The van der Waals surface area contributed by atoms with Gasteiger partial charge in [-0.3, -0.25) is 9.59 Å². The molecule has 0 radical (unpaired) electrons. The van der Waals surface area contributed by atoms with Crippen LogP contribution in [-0.2, 0) is 28.6 Å². The zero-order valence-corrected chi connectivity index (χ0v) is 42.9. The average molecular weight is 913 g/mol. The standard InChI is InChI=1S/C57H101NO7/c1-6-8-10-12-14-16-18-20-22-24-26-27-28-30-32-34-36-38-40-42-44-46-48-56(60)65-53(51-63-50-49-54(57(61)62)58(3,4)5)52-64-55(59)47-45-43-41-39-37-35-33-31-29-25-23-21-19-17-15-13-11-9-7-2/h9,11,15,17,21,23,29,31,35,37,53-54H,6-8,10,12-14,16,18-20,22,24-28,30,32-34,36,38-52H2,1-5H3/p+1/b11-9+,17-15+,23-21+,31-29+,37-35+. The van der Waals surface area contributed by atoms with E-state index in [1.54, 1.807) is 0 Å². The number of allylic oxidation sites excluding steroid dienone is 10. The highest BCUT2D eigenvalue weighted by Gasteiger charge is 2.31. The lowest BCUT2D eigenvalue weighted by Gasteiger charge is -2.31. The van der Waals surface area contributed by atoms with E-state index >= 15 is 0 Å². The molecule has 0 aromatic rings. The Labute approximate surface area is 400 Å². The van der Waals surface area contributed by atoms with Crippen LogP contribution >= 0.6 is 0 Å². The summed E-state index contributed by atoms with van der Waals surface area (Å²) in [6, 6.07) is -0.622. The molecule has 0 saturated heterocycles. The number of carboxylic acid groups (broad SMARTS) is 1. The molecule has 2 unspecified atom stereocenters. The van der Waals surface area contributed by atoms with Crippen molar-refractivity contribution in [3.8, 4) is 0 Å². The quantitative estimate of drug-likeness (QED) is 0.0281. The second-order valence-corrected chi connectivity index (χ2v) is 19.1. The summed E-state index contributed by atoms with van der Waals surface area (Å²) in [5.74, 6) is -1.50. The number of quaternary nitrogens is 1. The topological polar surface area (TPSA) is 99.1 Å². The lowest BCUT2D eigenvalue weighted by atomic mass is 10.0. The van der Waals surface area contributed by atoms with Crippen LogP contribution in [0, 0.1) is 0 Å². The van der Waals surface area contributed by atoms with Gasteiger partial charge in [-0.25, -0.2) is 4.79 Å². The van der Waals surface area contributed by atoms with Gasteiger partial charge in [0, 0.05) is 19.3 Å². The Balaban J connectivity index is 4.25. The first-order valence-corrected chi connectivity index (χ1v) is 26.8. The fourth-order valence-corrected chi connectivity index (χ4v) is 7.83. The van der Waals surface area contributed by atoms with Gasteiger partial charge in [-0.15, -0.1) is 0 Å². The first-order valence-electron chi connectivity index (χ1n) is 26.8. The third kappa shape index (κ3) is 46.0. The summed E-state index contributed by atoms with van der Waals surface area (Å²) in [6.07, 6.45) is 59.9. The third-order valence-corrected chi connectivity index (χ3v) is 11.9. The van der Waals surface area contributed by atoms with Crippen LogP contribution in [-0.4, -0.2) is 80.6 Å². The van der Waals surface area contributed by atoms with Gasteiger partial charge in [0.2, 0.25) is 0 Å². The fraction of sp³-hybridized carbons (Fsp3) is 0.772. The number of carboxylic acids is 1. The minimum absolute atomic E-state index is 0.0507. The van der Waals surface area contributed by atoms with E-state index in [1.807, 2.05) is 21.1 Å². The number of likely N-dealkylation sites (N-methyl/N-ethyl adjacent to an activating group) is 1. The van der Waals surface area contributed by atoms with Gasteiger partial charge >= 0.3 is 17.9 Å². The zero-order chi connectivity index (χ0) is 47.7. The Bertz CT molecular complexity index is 1250. The Morgan fingerprint density at radius 3 is 1.28 bits per heavy atom. The molecule has 0 aromatic carbocycles. The van der Waals surface area contributed by atoms with E-state index in [9.17, 15) is 19.5 Å². The van der Waals surface area contributed by atoms with Crippen LogP contribution in [0.5, 0.6) is 0 Å². The molecule has 65 heavy (non-hydrogen) atoms. The van der Waals surface area contributed by atoms with Gasteiger partial charge in [0.1, 0.15) is 6.61 Å². The number of unbranched alkanes of at least 4 members (excludes halogenated alkanes) is 24. The maximum atomic E-state index is 12.8. The highest BCUT2D eigenvalue weighted by Crippen LogP contribution is 2.16. The summed E-state index contributed by atoms with van der Waals surface area (Å²) < 4.78 is 17.3. The minimum atomic E-state index is -0.879. The van der Waals surface area contributed by atoms with Gasteiger partial charge in [-0.2, -0.15) is 0 Å². The Morgan fingerprint density at radius 2 is 0.862 bits per heavy atom. The maximum absolute atomic E-state index is 12.8. The molecule has 0 saturated carbocycles. The van der Waals surface area contributed by atoms with Crippen LogP contribution in [0.2, 0.25) is 0 Å². The zero-order valence-electron chi connectivity index (χ0n) is 42.9. The number of carbonyl (C=O) groups is 3. The van der Waals surface area contributed by atoms with Crippen molar-refractivity contribution >= 4 is 17.9 Å². The molecule has 0 aromatic heterocycles.